The van der Waals surface area contributed by atoms with E-state index in [1.165, 1.54) is 16.8 Å². The molecule has 1 saturated heterocycles. The number of hydrogen-bond donors (Lipinski definition) is 2. The number of carbonyl (C=O) groups excluding carboxylic acids is 3. The van der Waals surface area contributed by atoms with Crippen LogP contribution >= 0.6 is 0 Å². The number of nitrogens with one attached hydrogen (secondary N) is 2. The summed E-state index contributed by atoms with van der Waals surface area (Å²) >= 11 is 0. The van der Waals surface area contributed by atoms with Crippen molar-refractivity contribution < 1.29 is 28.6 Å². The van der Waals surface area contributed by atoms with Crippen molar-refractivity contribution in [3.63, 3.8) is 0 Å². The fourth-order valence-corrected chi connectivity index (χ4v) is 5.72. The SMILES string of the molecule is CC.CCCOCC1(C)COC1.CCN(CCNCc1ccc(COc2cccc(C=O)c2CN(C)C)c(C)c1)C1=CC=C(C#N)C1.CNC(=O)CCCC=O. The summed E-state index contributed by atoms with van der Waals surface area (Å²) in [4.78, 5) is 36.0. The van der Waals surface area contributed by atoms with Gasteiger partial charge in [0, 0.05) is 93.5 Å². The van der Waals surface area contributed by atoms with Crippen LogP contribution in [0.25, 0.3) is 0 Å². The van der Waals surface area contributed by atoms with Crippen molar-refractivity contribution in [2.75, 3.05) is 67.2 Å². The van der Waals surface area contributed by atoms with Crippen molar-refractivity contribution in [3.8, 4) is 11.8 Å². The summed E-state index contributed by atoms with van der Waals surface area (Å²) in [5.41, 5.74) is 7.52. The molecule has 0 aromatic heterocycles. The molecule has 11 nitrogen and oxygen atoms in total. The highest BCUT2D eigenvalue weighted by molar-refractivity contribution is 5.78. The Kier molecular flexibility index (Phi) is 25.7. The molecule has 1 amide bonds. The van der Waals surface area contributed by atoms with Gasteiger partial charge in [0.1, 0.15) is 18.6 Å². The van der Waals surface area contributed by atoms with Gasteiger partial charge in [-0.3, -0.25) is 9.59 Å². The maximum Gasteiger partial charge on any atom is 0.219 e. The molecular weight excluding hydrogens is 707 g/mol. The third kappa shape index (κ3) is 19.0. The van der Waals surface area contributed by atoms with Crippen LogP contribution in [-0.2, 0) is 38.8 Å². The standard InChI is InChI=1S/C29H36N4O2.C8H16O2.C6H11NO2.C2H6/c1-5-33(27-12-10-23(16-27)17-30)14-13-31-18-24-9-11-26(22(2)15-24)21-35-29-8-6-7-25(20-34)28(29)19-32(3)4;1-3-4-9-5-8(2)6-10-7-8;1-7-6(9)4-2-3-5-8;1-2/h6-12,15,20,31H,5,13-14,16,18-19,21H2,1-4H3;3-7H2,1-2H3;5H,2-4H2,1H3,(H,7,9);1-2H3. The number of aldehydes is 2. The van der Waals surface area contributed by atoms with E-state index in [1.807, 2.05) is 57.1 Å². The van der Waals surface area contributed by atoms with Crippen LogP contribution < -0.4 is 15.4 Å². The topological polar surface area (TPSA) is 133 Å². The van der Waals surface area contributed by atoms with Crippen LogP contribution in [0.5, 0.6) is 5.75 Å². The van der Waals surface area contributed by atoms with Crippen LogP contribution in [-0.4, -0.2) is 95.5 Å². The van der Waals surface area contributed by atoms with Crippen molar-refractivity contribution in [2.45, 2.75) is 93.3 Å². The highest BCUT2D eigenvalue weighted by Gasteiger charge is 2.33. The average Bonchev–Trinajstić information content (AvgIpc) is 3.68. The first-order chi connectivity index (χ1) is 27.0. The first-order valence-electron chi connectivity index (χ1n) is 20.0. The van der Waals surface area contributed by atoms with Gasteiger partial charge >= 0.3 is 0 Å². The summed E-state index contributed by atoms with van der Waals surface area (Å²) in [6.45, 7) is 20.7. The fraction of sp³-hybridized carbons (Fsp3) is 0.556. The zero-order chi connectivity index (χ0) is 41.8. The van der Waals surface area contributed by atoms with Gasteiger partial charge in [-0.25, -0.2) is 0 Å². The normalized spacial score (nSPS) is 13.4. The Morgan fingerprint density at radius 2 is 1.86 bits per heavy atom. The lowest BCUT2D eigenvalue weighted by Gasteiger charge is -2.37. The summed E-state index contributed by atoms with van der Waals surface area (Å²) in [6, 6.07) is 14.3. The second-order valence-corrected chi connectivity index (χ2v) is 14.2. The van der Waals surface area contributed by atoms with E-state index < -0.39 is 0 Å². The third-order valence-electron chi connectivity index (χ3n) is 8.93. The number of nitrogens with zero attached hydrogens (tertiary/aromatic N) is 3. The summed E-state index contributed by atoms with van der Waals surface area (Å²) in [7, 11) is 5.55. The highest BCUT2D eigenvalue weighted by atomic mass is 16.5. The van der Waals surface area contributed by atoms with E-state index in [-0.39, 0.29) is 5.91 Å². The van der Waals surface area contributed by atoms with Gasteiger partial charge in [-0.1, -0.05) is 58.0 Å². The van der Waals surface area contributed by atoms with Crippen molar-refractivity contribution in [2.24, 2.45) is 5.41 Å². The van der Waals surface area contributed by atoms with Crippen LogP contribution in [0.3, 0.4) is 0 Å². The van der Waals surface area contributed by atoms with Crippen LogP contribution in [0.4, 0.5) is 0 Å². The lowest BCUT2D eigenvalue weighted by atomic mass is 9.90. The number of nitriles is 1. The zero-order valence-electron chi connectivity index (χ0n) is 35.7. The van der Waals surface area contributed by atoms with Gasteiger partial charge in [0.15, 0.2) is 6.29 Å². The maximum atomic E-state index is 11.5. The summed E-state index contributed by atoms with van der Waals surface area (Å²) in [6.07, 6.45) is 9.13. The lowest BCUT2D eigenvalue weighted by molar-refractivity contribution is -0.137. The van der Waals surface area contributed by atoms with Gasteiger partial charge in [0.05, 0.1) is 25.9 Å². The van der Waals surface area contributed by atoms with Crippen molar-refractivity contribution in [3.05, 3.63) is 87.6 Å². The van der Waals surface area contributed by atoms with Crippen LogP contribution in [0.1, 0.15) is 99.3 Å². The monoisotopic (exact) mass is 776 g/mol. The Morgan fingerprint density at radius 1 is 1.11 bits per heavy atom. The molecule has 310 valence electrons. The van der Waals surface area contributed by atoms with Gasteiger partial charge in [-0.2, -0.15) is 5.26 Å². The predicted octanol–water partition coefficient (Wildman–Crippen LogP) is 7.17. The van der Waals surface area contributed by atoms with Crippen LogP contribution in [0.15, 0.2) is 59.8 Å². The molecule has 2 aliphatic rings. The molecule has 2 aromatic rings. The zero-order valence-corrected chi connectivity index (χ0v) is 35.7. The Hall–Kier alpha value is -4.34. The van der Waals surface area contributed by atoms with E-state index >= 15 is 0 Å². The Labute approximate surface area is 337 Å². The molecule has 56 heavy (non-hydrogen) atoms. The van der Waals surface area contributed by atoms with E-state index in [4.69, 9.17) is 19.5 Å². The Bertz CT molecular complexity index is 1560. The second-order valence-electron chi connectivity index (χ2n) is 14.2. The first kappa shape index (κ1) is 49.7. The molecule has 2 aromatic carbocycles. The van der Waals surface area contributed by atoms with E-state index in [0.717, 1.165) is 100 Å². The molecule has 0 radical (unpaired) electrons. The number of amides is 1. The predicted molar refractivity (Wildman–Crippen MR) is 225 cm³/mol. The second kappa shape index (κ2) is 29.0. The lowest BCUT2D eigenvalue weighted by Crippen LogP contribution is -2.43. The van der Waals surface area contributed by atoms with E-state index in [2.05, 4.69) is 73.6 Å². The summed E-state index contributed by atoms with van der Waals surface area (Å²) < 4.78 is 16.7. The van der Waals surface area contributed by atoms with Crippen LogP contribution in [0, 0.1) is 23.7 Å². The molecule has 11 heteroatoms. The summed E-state index contributed by atoms with van der Waals surface area (Å²) in [5.74, 6) is 0.750. The number of likely N-dealkylation sites (N-methyl/N-ethyl adjacent to an activating group) is 1. The number of benzene rings is 2. The Balaban J connectivity index is 0.000000607. The molecule has 0 spiro atoms. The minimum atomic E-state index is -0.00292. The molecule has 0 atom stereocenters. The maximum absolute atomic E-state index is 11.5. The van der Waals surface area contributed by atoms with Gasteiger partial charge in [-0.05, 0) is 75.7 Å². The number of hydrogen-bond acceptors (Lipinski definition) is 10. The number of carbonyl (C=O) groups is 3. The van der Waals surface area contributed by atoms with Crippen molar-refractivity contribution in [1.29, 1.82) is 5.26 Å². The molecule has 1 aliphatic heterocycles. The molecule has 0 unspecified atom stereocenters. The molecule has 2 N–H and O–H groups in total. The smallest absolute Gasteiger partial charge is 0.219 e. The minimum absolute atomic E-state index is 0.00292. The quantitative estimate of drug-likeness (QED) is 0.0994. The third-order valence-corrected chi connectivity index (χ3v) is 8.93. The van der Waals surface area contributed by atoms with Gasteiger partial charge in [0.2, 0.25) is 5.91 Å². The minimum Gasteiger partial charge on any atom is -0.489 e. The molecule has 1 fully saturated rings. The molecule has 0 bridgehead atoms. The van der Waals surface area contributed by atoms with Crippen molar-refractivity contribution >= 4 is 18.5 Å². The fourth-order valence-electron chi connectivity index (χ4n) is 5.72. The number of ether oxygens (including phenoxy) is 3. The molecule has 0 saturated carbocycles. The summed E-state index contributed by atoms with van der Waals surface area (Å²) in [5, 5.41) is 15.1. The van der Waals surface area contributed by atoms with Gasteiger partial charge in [-0.15, -0.1) is 0 Å². The van der Waals surface area contributed by atoms with Gasteiger partial charge in [0.25, 0.3) is 0 Å². The molecule has 4 rings (SSSR count). The molecule has 1 aliphatic carbocycles. The number of aryl methyl sites for hydroxylation is 1. The van der Waals surface area contributed by atoms with E-state index in [0.29, 0.717) is 43.4 Å². The van der Waals surface area contributed by atoms with Crippen LogP contribution in [0.2, 0.25) is 0 Å². The number of unbranched alkanes of at least 4 members (excludes halogenated alkanes) is 1. The van der Waals surface area contributed by atoms with E-state index in [1.54, 1.807) is 7.05 Å². The van der Waals surface area contributed by atoms with E-state index in [9.17, 15) is 14.4 Å². The molecule has 1 heterocycles. The van der Waals surface area contributed by atoms with Crippen molar-refractivity contribution in [1.82, 2.24) is 20.4 Å². The molecular formula is C45H69N5O6. The number of rotatable bonds is 21. The number of allylic oxidation sites excluding steroid dienone is 3. The average molecular weight is 776 g/mol. The van der Waals surface area contributed by atoms with Gasteiger partial charge < -0.3 is 39.4 Å². The largest absolute Gasteiger partial charge is 0.489 e. The Morgan fingerprint density at radius 3 is 2.41 bits per heavy atom. The highest BCUT2D eigenvalue weighted by Crippen LogP contribution is 2.27. The first-order valence-corrected chi connectivity index (χ1v) is 20.0.